The van der Waals surface area contributed by atoms with E-state index < -0.39 is 16.9 Å². The van der Waals surface area contributed by atoms with Gasteiger partial charge < -0.3 is 14.4 Å². The van der Waals surface area contributed by atoms with Gasteiger partial charge in [0, 0.05) is 6.07 Å². The van der Waals surface area contributed by atoms with E-state index >= 15 is 0 Å². The highest BCUT2D eigenvalue weighted by atomic mass is 16.9. The average molecular weight is 269 g/mol. The van der Waals surface area contributed by atoms with E-state index in [1.165, 1.54) is 19.2 Å². The summed E-state index contributed by atoms with van der Waals surface area (Å²) in [7, 11) is 1.28. The van der Waals surface area contributed by atoms with Gasteiger partial charge in [-0.3, -0.25) is 10.1 Å². The lowest BCUT2D eigenvalue weighted by Gasteiger charge is -2.25. The predicted octanol–water partition coefficient (Wildman–Crippen LogP) is -0.156. The van der Waals surface area contributed by atoms with E-state index in [2.05, 4.69) is 9.68 Å². The van der Waals surface area contributed by atoms with Gasteiger partial charge in [0.1, 0.15) is 5.69 Å². The molecule has 0 spiro atoms. The topological polar surface area (TPSA) is 120 Å². The Labute approximate surface area is 105 Å². The molecule has 0 aliphatic carbocycles. The number of benzene rings is 1. The van der Waals surface area contributed by atoms with E-state index in [0.717, 1.165) is 6.07 Å². The highest BCUT2D eigenvalue weighted by molar-refractivity contribution is 6.30. The molecule has 1 aliphatic rings. The van der Waals surface area contributed by atoms with Crippen LogP contribution in [-0.2, 0) is 19.3 Å². The molecule has 1 heterocycles. The maximum Gasteiger partial charge on any atom is 0.444 e. The normalized spacial score (nSPS) is 14.7. The smallest absolute Gasteiger partial charge is 0.444 e. The number of ether oxygens (including phenoxy) is 1. The molecule has 1 aromatic carbocycles. The molecular weight excluding hydrogens is 262 g/mol. The van der Waals surface area contributed by atoms with Gasteiger partial charge in [0.05, 0.1) is 12.0 Å². The largest absolute Gasteiger partial charge is 0.490 e. The van der Waals surface area contributed by atoms with E-state index in [4.69, 9.17) is 4.74 Å². The number of hydrogen-bond donors (Lipinski definition) is 1. The Morgan fingerprint density at radius 3 is 2.68 bits per heavy atom. The summed E-state index contributed by atoms with van der Waals surface area (Å²) < 4.78 is 4.81. The first-order valence-electron chi connectivity index (χ1n) is 4.84. The molecule has 0 unspecified atom stereocenters. The number of nitro benzene ring substituents is 1. The van der Waals surface area contributed by atoms with Crippen molar-refractivity contribution < 1.29 is 28.9 Å². The molecule has 0 aromatic heterocycles. The summed E-state index contributed by atoms with van der Waals surface area (Å²) in [4.78, 5) is 40.7. The van der Waals surface area contributed by atoms with E-state index in [1.54, 1.807) is 0 Å². The minimum Gasteiger partial charge on any atom is -0.490 e. The van der Waals surface area contributed by atoms with Crippen LogP contribution in [0, 0.1) is 10.1 Å². The fourth-order valence-electron chi connectivity index (χ4n) is 1.32. The summed E-state index contributed by atoms with van der Waals surface area (Å²) in [5, 5.41) is 11.5. The lowest BCUT2D eigenvalue weighted by atomic mass is 10.2. The third kappa shape index (κ3) is 2.37. The van der Waals surface area contributed by atoms with Crippen LogP contribution in [0.4, 0.5) is 11.4 Å². The van der Waals surface area contributed by atoms with Gasteiger partial charge in [0.25, 0.3) is 0 Å². The Kier molecular flexibility index (Phi) is 3.16. The third-order valence-corrected chi connectivity index (χ3v) is 2.16. The second-order valence-corrected chi connectivity index (χ2v) is 3.27. The SMILES string of the molecule is COc1ccc(N2NOC(=O)C(=O)O2)cc1[N+](=O)[O-]. The van der Waals surface area contributed by atoms with Gasteiger partial charge in [-0.15, -0.1) is 5.17 Å². The number of carbonyl (C=O) groups is 2. The molecule has 0 atom stereocenters. The molecule has 10 heteroatoms. The van der Waals surface area contributed by atoms with Crippen molar-refractivity contribution in [3.63, 3.8) is 0 Å². The number of nitrogens with one attached hydrogen (secondary N) is 1. The van der Waals surface area contributed by atoms with Gasteiger partial charge in [0.2, 0.25) is 0 Å². The number of nitrogens with zero attached hydrogens (tertiary/aromatic N) is 2. The first-order valence-corrected chi connectivity index (χ1v) is 4.84. The molecule has 1 saturated heterocycles. The van der Waals surface area contributed by atoms with Crippen LogP contribution in [0.25, 0.3) is 0 Å². The standard InChI is InChI=1S/C9H7N3O7/c1-17-7-3-2-5(4-6(7)12(15)16)11-10-18-8(13)9(14)19-11/h2-4,10H,1H3. The maximum absolute atomic E-state index is 11.0. The first-order chi connectivity index (χ1) is 9.02. The Bertz CT molecular complexity index is 559. The summed E-state index contributed by atoms with van der Waals surface area (Å²) in [6.07, 6.45) is 0. The molecule has 0 amide bonds. The van der Waals surface area contributed by atoms with Crippen LogP contribution in [-0.4, -0.2) is 24.0 Å². The summed E-state index contributed by atoms with van der Waals surface area (Å²) in [5.74, 6) is -2.44. The molecule has 1 aliphatic heterocycles. The van der Waals surface area contributed by atoms with Gasteiger partial charge in [0.15, 0.2) is 5.75 Å². The number of carbonyl (C=O) groups excluding carboxylic acids is 2. The highest BCUT2D eigenvalue weighted by Gasteiger charge is 2.30. The van der Waals surface area contributed by atoms with Crippen molar-refractivity contribution in [2.45, 2.75) is 0 Å². The molecule has 1 fully saturated rings. The van der Waals surface area contributed by atoms with Gasteiger partial charge in [-0.1, -0.05) is 0 Å². The molecule has 2 rings (SSSR count). The number of nitro groups is 1. The zero-order chi connectivity index (χ0) is 14.0. The van der Waals surface area contributed by atoms with E-state index in [0.29, 0.717) is 5.17 Å². The Morgan fingerprint density at radius 2 is 2.11 bits per heavy atom. The third-order valence-electron chi connectivity index (χ3n) is 2.16. The van der Waals surface area contributed by atoms with Crippen molar-refractivity contribution in [2.75, 3.05) is 12.3 Å². The Morgan fingerprint density at radius 1 is 1.37 bits per heavy atom. The first kappa shape index (κ1) is 12.6. The zero-order valence-electron chi connectivity index (χ0n) is 9.48. The van der Waals surface area contributed by atoms with Crippen LogP contribution < -0.4 is 15.5 Å². The van der Waals surface area contributed by atoms with E-state index in [9.17, 15) is 19.7 Å². The molecule has 0 bridgehead atoms. The van der Waals surface area contributed by atoms with Crippen LogP contribution in [0.3, 0.4) is 0 Å². The fourth-order valence-corrected chi connectivity index (χ4v) is 1.32. The van der Waals surface area contributed by atoms with Crippen molar-refractivity contribution in [3.05, 3.63) is 28.3 Å². The van der Waals surface area contributed by atoms with Gasteiger partial charge in [-0.2, -0.15) is 0 Å². The molecule has 100 valence electrons. The lowest BCUT2D eigenvalue weighted by Crippen LogP contribution is -2.49. The van der Waals surface area contributed by atoms with Crippen molar-refractivity contribution in [3.8, 4) is 5.75 Å². The van der Waals surface area contributed by atoms with Gasteiger partial charge in [-0.05, 0) is 17.7 Å². The van der Waals surface area contributed by atoms with Crippen LogP contribution >= 0.6 is 0 Å². The van der Waals surface area contributed by atoms with Crippen molar-refractivity contribution in [1.82, 2.24) is 5.59 Å². The summed E-state index contributed by atoms with van der Waals surface area (Å²) in [6.45, 7) is 0. The summed E-state index contributed by atoms with van der Waals surface area (Å²) >= 11 is 0. The molecule has 1 aromatic rings. The fraction of sp³-hybridized carbons (Fsp3) is 0.111. The van der Waals surface area contributed by atoms with Crippen LogP contribution in [0.5, 0.6) is 5.75 Å². The second kappa shape index (κ2) is 4.78. The summed E-state index contributed by atoms with van der Waals surface area (Å²) in [5.41, 5.74) is 1.74. The van der Waals surface area contributed by atoms with Crippen molar-refractivity contribution in [2.24, 2.45) is 0 Å². The number of methoxy groups -OCH3 is 1. The highest BCUT2D eigenvalue weighted by Crippen LogP contribution is 2.31. The van der Waals surface area contributed by atoms with Crippen LogP contribution in [0.2, 0.25) is 0 Å². The van der Waals surface area contributed by atoms with Crippen molar-refractivity contribution >= 4 is 23.3 Å². The number of anilines is 1. The predicted molar refractivity (Wildman–Crippen MR) is 57.4 cm³/mol. The quantitative estimate of drug-likeness (QED) is 0.453. The second-order valence-electron chi connectivity index (χ2n) is 3.27. The molecular formula is C9H7N3O7. The molecule has 0 radical (unpaired) electrons. The molecule has 10 nitrogen and oxygen atoms in total. The lowest BCUT2D eigenvalue weighted by molar-refractivity contribution is -0.385. The number of hydrogen-bond acceptors (Lipinski definition) is 9. The van der Waals surface area contributed by atoms with Crippen LogP contribution in [0.1, 0.15) is 0 Å². The molecule has 0 saturated carbocycles. The van der Waals surface area contributed by atoms with Gasteiger partial charge in [-0.25, -0.2) is 9.59 Å². The van der Waals surface area contributed by atoms with E-state index in [-0.39, 0.29) is 17.1 Å². The van der Waals surface area contributed by atoms with Crippen LogP contribution in [0.15, 0.2) is 18.2 Å². The maximum atomic E-state index is 11.0. The van der Waals surface area contributed by atoms with Crippen molar-refractivity contribution in [1.29, 1.82) is 0 Å². The van der Waals surface area contributed by atoms with E-state index in [1.807, 2.05) is 5.59 Å². The average Bonchev–Trinajstić information content (AvgIpc) is 2.41. The van der Waals surface area contributed by atoms with Gasteiger partial charge >= 0.3 is 17.6 Å². The minimum absolute atomic E-state index is 0.0362. The zero-order valence-corrected chi connectivity index (χ0v) is 9.48. The monoisotopic (exact) mass is 269 g/mol. The number of hydrazine groups is 1. The molecule has 19 heavy (non-hydrogen) atoms. The Hall–Kier alpha value is -2.88. The number of rotatable bonds is 3. The minimum atomic E-state index is -1.25. The Balaban J connectivity index is 2.31. The summed E-state index contributed by atoms with van der Waals surface area (Å²) in [6, 6.07) is 3.75. The molecule has 1 N–H and O–H groups in total.